The number of rotatable bonds is 11. The summed E-state index contributed by atoms with van der Waals surface area (Å²) < 4.78 is 0. The van der Waals surface area contributed by atoms with Crippen LogP contribution in [-0.2, 0) is 36.0 Å². The van der Waals surface area contributed by atoms with Gasteiger partial charge in [0.15, 0.2) is 5.41 Å². The number of nitrogens with one attached hydrogen (secondary N) is 3. The molecule has 2 fully saturated rings. The van der Waals surface area contributed by atoms with E-state index >= 15 is 0 Å². The van der Waals surface area contributed by atoms with Gasteiger partial charge < -0.3 is 10.2 Å². The van der Waals surface area contributed by atoms with Crippen LogP contribution in [-0.4, -0.2) is 40.7 Å². The lowest BCUT2D eigenvalue weighted by molar-refractivity contribution is -0.153. The highest BCUT2D eigenvalue weighted by Gasteiger charge is 2.51. The zero-order chi connectivity index (χ0) is 28.7. The first-order valence-electron chi connectivity index (χ1n) is 13.0. The van der Waals surface area contributed by atoms with Gasteiger partial charge in [0.25, 0.3) is 5.91 Å². The molecule has 0 spiro atoms. The van der Waals surface area contributed by atoms with Crippen molar-refractivity contribution in [3.8, 4) is 0 Å². The van der Waals surface area contributed by atoms with Gasteiger partial charge in [0.05, 0.1) is 11.3 Å². The first kappa shape index (κ1) is 28.2. The Labute approximate surface area is 230 Å². The molecule has 0 saturated carbocycles. The largest absolute Gasteiger partial charge is 0.363 e. The number of hydrogen-bond acceptors (Lipinski definition) is 7. The molecular formula is C29H30N4O7. The molecule has 208 valence electrons. The van der Waals surface area contributed by atoms with E-state index in [0.717, 1.165) is 10.6 Å². The summed E-state index contributed by atoms with van der Waals surface area (Å²) in [5, 5.41) is 8.16. The van der Waals surface area contributed by atoms with Crippen molar-refractivity contribution < 1.29 is 33.6 Å². The van der Waals surface area contributed by atoms with Gasteiger partial charge in [-0.25, -0.2) is 9.59 Å². The van der Waals surface area contributed by atoms with Gasteiger partial charge in [0, 0.05) is 19.4 Å². The average Bonchev–Trinajstić information content (AvgIpc) is 3.26. The van der Waals surface area contributed by atoms with Crippen molar-refractivity contribution in [2.75, 3.05) is 0 Å². The van der Waals surface area contributed by atoms with Crippen molar-refractivity contribution >= 4 is 35.6 Å². The van der Waals surface area contributed by atoms with Gasteiger partial charge in [0.1, 0.15) is 0 Å². The zero-order valence-corrected chi connectivity index (χ0v) is 21.9. The number of carbonyl (C=O) groups excluding carboxylic acids is 6. The number of barbiturate groups is 1. The molecule has 0 bridgehead atoms. The zero-order valence-electron chi connectivity index (χ0n) is 21.9. The van der Waals surface area contributed by atoms with Crippen LogP contribution < -0.4 is 16.0 Å². The molecule has 2 aliphatic heterocycles. The van der Waals surface area contributed by atoms with E-state index < -0.39 is 29.2 Å². The molecule has 2 saturated heterocycles. The van der Waals surface area contributed by atoms with Gasteiger partial charge in [0.2, 0.25) is 17.7 Å². The summed E-state index contributed by atoms with van der Waals surface area (Å²) >= 11 is 0. The number of unbranched alkanes of at least 4 members (excludes halogenated alkanes) is 2. The Morgan fingerprint density at radius 1 is 0.900 bits per heavy atom. The lowest BCUT2D eigenvalue weighted by atomic mass is 9.73. The van der Waals surface area contributed by atoms with Crippen LogP contribution in [0, 0.1) is 0 Å². The van der Waals surface area contributed by atoms with E-state index in [1.54, 1.807) is 54.6 Å². The second-order valence-electron chi connectivity index (χ2n) is 9.68. The van der Waals surface area contributed by atoms with E-state index in [0.29, 0.717) is 36.9 Å². The SMILES string of the molecule is C=C1CCC(=O)N1OC(=O)c1ccc(CNC(=O)CCCCCC2(c3ccccc3)C(=O)NC(=O)NC2=O)cc1. The molecule has 2 aromatic rings. The number of amides is 6. The maximum atomic E-state index is 12.8. The Morgan fingerprint density at radius 3 is 2.20 bits per heavy atom. The molecular weight excluding hydrogens is 516 g/mol. The normalized spacial score (nSPS) is 16.4. The molecule has 0 unspecified atom stereocenters. The predicted octanol–water partition coefficient (Wildman–Crippen LogP) is 2.77. The number of urea groups is 1. The standard InChI is InChI=1S/C29H30N4O7/c1-19-11-16-24(35)33(19)40-25(36)21-14-12-20(13-15-21)18-30-23(34)10-6-3-7-17-29(22-8-4-2-5-9-22)26(37)31-28(39)32-27(29)38/h2,4-5,8-9,12-15H,1,3,6-7,10-11,16-18H2,(H,30,34)(H2,31,32,37,38,39). The van der Waals surface area contributed by atoms with Gasteiger partial charge in [-0.15, -0.1) is 5.06 Å². The quantitative estimate of drug-likeness (QED) is 0.290. The molecule has 11 nitrogen and oxygen atoms in total. The van der Waals surface area contributed by atoms with Crippen molar-refractivity contribution in [3.05, 3.63) is 83.6 Å². The van der Waals surface area contributed by atoms with Crippen molar-refractivity contribution in [1.29, 1.82) is 0 Å². The van der Waals surface area contributed by atoms with Crippen LogP contribution in [0.3, 0.4) is 0 Å². The summed E-state index contributed by atoms with van der Waals surface area (Å²) in [4.78, 5) is 78.7. The third-order valence-electron chi connectivity index (χ3n) is 6.95. The summed E-state index contributed by atoms with van der Waals surface area (Å²) in [5.74, 6) is -2.45. The molecule has 6 amide bonds. The topological polar surface area (TPSA) is 151 Å². The van der Waals surface area contributed by atoms with E-state index in [4.69, 9.17) is 4.84 Å². The maximum absolute atomic E-state index is 12.8. The first-order valence-corrected chi connectivity index (χ1v) is 13.0. The smallest absolute Gasteiger partial charge is 0.352 e. The van der Waals surface area contributed by atoms with Crippen LogP contribution in [0.15, 0.2) is 66.9 Å². The third kappa shape index (κ3) is 6.25. The van der Waals surface area contributed by atoms with E-state index in [-0.39, 0.29) is 43.2 Å². The molecule has 3 N–H and O–H groups in total. The number of nitrogens with zero attached hydrogens (tertiary/aromatic N) is 1. The maximum Gasteiger partial charge on any atom is 0.363 e. The Hall–Kier alpha value is -4.80. The van der Waals surface area contributed by atoms with Crippen LogP contribution in [0.5, 0.6) is 0 Å². The highest BCUT2D eigenvalue weighted by Crippen LogP contribution is 2.33. The van der Waals surface area contributed by atoms with Crippen molar-refractivity contribution in [3.63, 3.8) is 0 Å². The molecule has 40 heavy (non-hydrogen) atoms. The Bertz CT molecular complexity index is 1300. The monoisotopic (exact) mass is 546 g/mol. The van der Waals surface area contributed by atoms with Crippen LogP contribution in [0.4, 0.5) is 4.79 Å². The minimum Gasteiger partial charge on any atom is -0.352 e. The summed E-state index contributed by atoms with van der Waals surface area (Å²) in [5.41, 5.74) is 0.480. The van der Waals surface area contributed by atoms with Gasteiger partial charge >= 0.3 is 12.0 Å². The Balaban J connectivity index is 1.21. The summed E-state index contributed by atoms with van der Waals surface area (Å²) in [6.07, 6.45) is 2.80. The number of carbonyl (C=O) groups is 6. The van der Waals surface area contributed by atoms with Gasteiger partial charge in [-0.2, -0.15) is 0 Å². The Morgan fingerprint density at radius 2 is 1.57 bits per heavy atom. The molecule has 0 aromatic heterocycles. The molecule has 0 atom stereocenters. The molecule has 11 heteroatoms. The third-order valence-corrected chi connectivity index (χ3v) is 6.95. The minimum atomic E-state index is -1.51. The fourth-order valence-electron chi connectivity index (χ4n) is 4.69. The van der Waals surface area contributed by atoms with Crippen molar-refractivity contribution in [2.24, 2.45) is 0 Å². The number of hydrogen-bond donors (Lipinski definition) is 3. The summed E-state index contributed by atoms with van der Waals surface area (Å²) in [6.45, 7) is 3.97. The number of hydroxylamine groups is 2. The minimum absolute atomic E-state index is 0.161. The summed E-state index contributed by atoms with van der Waals surface area (Å²) in [6, 6.07) is 14.2. The van der Waals surface area contributed by atoms with E-state index in [2.05, 4.69) is 22.5 Å². The first-order chi connectivity index (χ1) is 19.2. The van der Waals surface area contributed by atoms with Crippen LogP contribution in [0.25, 0.3) is 0 Å². The van der Waals surface area contributed by atoms with Gasteiger partial charge in [-0.3, -0.25) is 29.8 Å². The summed E-state index contributed by atoms with van der Waals surface area (Å²) in [7, 11) is 0. The predicted molar refractivity (Wildman–Crippen MR) is 142 cm³/mol. The van der Waals surface area contributed by atoms with Gasteiger partial charge in [-0.1, -0.05) is 61.9 Å². The molecule has 2 aliphatic rings. The lowest BCUT2D eigenvalue weighted by Crippen LogP contribution is -2.64. The van der Waals surface area contributed by atoms with E-state index in [9.17, 15) is 28.8 Å². The van der Waals surface area contributed by atoms with Crippen molar-refractivity contribution in [1.82, 2.24) is 21.0 Å². The van der Waals surface area contributed by atoms with Crippen LogP contribution in [0.1, 0.15) is 66.4 Å². The Kier molecular flexibility index (Phi) is 8.73. The lowest BCUT2D eigenvalue weighted by Gasteiger charge is -2.34. The molecule has 4 rings (SSSR count). The van der Waals surface area contributed by atoms with E-state index in [1.165, 1.54) is 0 Å². The highest BCUT2D eigenvalue weighted by molar-refractivity contribution is 6.22. The van der Waals surface area contributed by atoms with Crippen LogP contribution >= 0.6 is 0 Å². The number of allylic oxidation sites excluding steroid dienone is 1. The van der Waals surface area contributed by atoms with Gasteiger partial charge in [-0.05, 0) is 42.5 Å². The second-order valence-corrected chi connectivity index (χ2v) is 9.68. The number of imide groups is 2. The highest BCUT2D eigenvalue weighted by atomic mass is 16.7. The van der Waals surface area contributed by atoms with Crippen molar-refractivity contribution in [2.45, 2.75) is 56.9 Å². The molecule has 0 radical (unpaired) electrons. The fourth-order valence-corrected chi connectivity index (χ4v) is 4.69. The second kappa shape index (κ2) is 12.4. The number of benzene rings is 2. The van der Waals surface area contributed by atoms with Crippen LogP contribution in [0.2, 0.25) is 0 Å². The molecule has 2 heterocycles. The average molecular weight is 547 g/mol. The molecule has 0 aliphatic carbocycles. The molecule has 2 aromatic carbocycles. The fraction of sp³-hybridized carbons (Fsp3) is 0.310. The van der Waals surface area contributed by atoms with E-state index in [1.807, 2.05) is 0 Å².